The predicted octanol–water partition coefficient (Wildman–Crippen LogP) is 0.281. The van der Waals surface area contributed by atoms with Gasteiger partial charge >= 0.3 is 0 Å². The molecule has 1 aromatic carbocycles. The first-order chi connectivity index (χ1) is 8.10. The molecular weight excluding hydrogens is 220 g/mol. The molecule has 0 saturated heterocycles. The molecule has 5 N–H and O–H groups in total. The minimum absolute atomic E-state index is 0.463. The van der Waals surface area contributed by atoms with E-state index < -0.39 is 12.2 Å². The Balaban J connectivity index is 2.83. The Bertz CT molecular complexity index is 358. The van der Waals surface area contributed by atoms with E-state index in [4.69, 9.17) is 10.5 Å². The van der Waals surface area contributed by atoms with Crippen LogP contribution in [0.5, 0.6) is 5.75 Å². The molecule has 96 valence electrons. The lowest BCUT2D eigenvalue weighted by Gasteiger charge is -2.20. The number of methoxy groups -OCH3 is 1. The van der Waals surface area contributed by atoms with Crippen LogP contribution in [-0.4, -0.2) is 37.0 Å². The van der Waals surface area contributed by atoms with Crippen molar-refractivity contribution in [2.75, 3.05) is 26.4 Å². The maximum Gasteiger partial charge on any atom is 0.126 e. The molecular formula is C12H20N2O3. The van der Waals surface area contributed by atoms with E-state index in [9.17, 15) is 10.2 Å². The molecule has 0 saturated carbocycles. The number of rotatable bonds is 6. The summed E-state index contributed by atoms with van der Waals surface area (Å²) in [5.74, 6) is 0.487. The average Bonchev–Trinajstić information content (AvgIpc) is 2.34. The molecule has 2 unspecified atom stereocenters. The van der Waals surface area contributed by atoms with Gasteiger partial charge in [-0.25, -0.2) is 0 Å². The lowest BCUT2D eigenvalue weighted by atomic mass is 10.0. The second-order valence-electron chi connectivity index (χ2n) is 3.91. The summed E-state index contributed by atoms with van der Waals surface area (Å²) in [5.41, 5.74) is 6.73. The van der Waals surface area contributed by atoms with Crippen molar-refractivity contribution < 1.29 is 14.9 Å². The van der Waals surface area contributed by atoms with Crippen molar-refractivity contribution in [3.05, 3.63) is 23.8 Å². The second-order valence-corrected chi connectivity index (χ2v) is 3.91. The summed E-state index contributed by atoms with van der Waals surface area (Å²) in [6, 6.07) is 4.97. The summed E-state index contributed by atoms with van der Waals surface area (Å²) in [5, 5.41) is 22.8. The van der Waals surface area contributed by atoms with Gasteiger partial charge in [0, 0.05) is 17.3 Å². The maximum atomic E-state index is 10.0. The molecule has 0 spiro atoms. The normalized spacial score (nSPS) is 14.4. The number of nitrogens with one attached hydrogen (secondary N) is 1. The Labute approximate surface area is 101 Å². The number of hydrogen-bond acceptors (Lipinski definition) is 5. The van der Waals surface area contributed by atoms with Gasteiger partial charge < -0.3 is 26.0 Å². The van der Waals surface area contributed by atoms with Crippen molar-refractivity contribution in [1.29, 1.82) is 0 Å². The topological polar surface area (TPSA) is 87.7 Å². The van der Waals surface area contributed by atoms with E-state index in [-0.39, 0.29) is 0 Å². The minimum Gasteiger partial charge on any atom is -0.496 e. The zero-order valence-electron chi connectivity index (χ0n) is 10.2. The molecule has 0 aliphatic carbocycles. The van der Waals surface area contributed by atoms with E-state index in [2.05, 4.69) is 5.32 Å². The third-order valence-electron chi connectivity index (χ3n) is 2.63. The summed E-state index contributed by atoms with van der Waals surface area (Å²) in [6.45, 7) is 0.634. The molecule has 0 aliphatic rings. The molecule has 2 atom stereocenters. The van der Waals surface area contributed by atoms with Crippen LogP contribution < -0.4 is 15.8 Å². The highest BCUT2D eigenvalue weighted by Crippen LogP contribution is 2.29. The molecule has 0 amide bonds. The fourth-order valence-corrected chi connectivity index (χ4v) is 1.63. The fourth-order valence-electron chi connectivity index (χ4n) is 1.63. The van der Waals surface area contributed by atoms with Crippen LogP contribution in [0, 0.1) is 0 Å². The van der Waals surface area contributed by atoms with Crippen LogP contribution in [0.3, 0.4) is 0 Å². The van der Waals surface area contributed by atoms with Crippen molar-refractivity contribution in [1.82, 2.24) is 5.32 Å². The molecule has 0 aromatic heterocycles. The average molecular weight is 240 g/mol. The number of aliphatic hydroxyl groups is 2. The van der Waals surface area contributed by atoms with Crippen molar-refractivity contribution >= 4 is 5.69 Å². The molecule has 5 heteroatoms. The van der Waals surface area contributed by atoms with Gasteiger partial charge in [-0.3, -0.25) is 0 Å². The number of ether oxygens (including phenoxy) is 1. The van der Waals surface area contributed by atoms with Crippen LogP contribution in [0.15, 0.2) is 18.2 Å². The summed E-state index contributed by atoms with van der Waals surface area (Å²) >= 11 is 0. The zero-order valence-corrected chi connectivity index (χ0v) is 10.2. The first-order valence-corrected chi connectivity index (χ1v) is 5.54. The van der Waals surface area contributed by atoms with Crippen LogP contribution in [0.1, 0.15) is 18.1 Å². The van der Waals surface area contributed by atoms with Gasteiger partial charge in [-0.05, 0) is 26.1 Å². The number of nitrogens with two attached hydrogens (primary N) is 1. The van der Waals surface area contributed by atoms with Crippen molar-refractivity contribution in [2.24, 2.45) is 0 Å². The van der Waals surface area contributed by atoms with Gasteiger partial charge in [0.25, 0.3) is 0 Å². The number of anilines is 1. The van der Waals surface area contributed by atoms with Crippen LogP contribution in [0.2, 0.25) is 0 Å². The van der Waals surface area contributed by atoms with Crippen LogP contribution in [0.25, 0.3) is 0 Å². The van der Waals surface area contributed by atoms with Gasteiger partial charge in [0.05, 0.1) is 13.2 Å². The molecule has 1 aromatic rings. The van der Waals surface area contributed by atoms with Gasteiger partial charge in [0.2, 0.25) is 0 Å². The molecule has 0 fully saturated rings. The zero-order chi connectivity index (χ0) is 12.8. The van der Waals surface area contributed by atoms with Gasteiger partial charge in [-0.15, -0.1) is 0 Å². The molecule has 5 nitrogen and oxygen atoms in total. The molecule has 0 heterocycles. The maximum absolute atomic E-state index is 10.0. The third kappa shape index (κ3) is 3.59. The Morgan fingerprint density at radius 3 is 2.71 bits per heavy atom. The highest BCUT2D eigenvalue weighted by atomic mass is 16.5. The lowest BCUT2D eigenvalue weighted by Crippen LogP contribution is -2.23. The summed E-state index contributed by atoms with van der Waals surface area (Å²) in [6.07, 6.45) is -1.34. The van der Waals surface area contributed by atoms with E-state index >= 15 is 0 Å². The fraction of sp³-hybridized carbons (Fsp3) is 0.500. The lowest BCUT2D eigenvalue weighted by molar-refractivity contribution is 0.0127. The van der Waals surface area contributed by atoms with Crippen molar-refractivity contribution in [2.45, 2.75) is 18.6 Å². The quantitative estimate of drug-likeness (QED) is 0.536. The van der Waals surface area contributed by atoms with Crippen LogP contribution >= 0.6 is 0 Å². The van der Waals surface area contributed by atoms with Gasteiger partial charge in [0.1, 0.15) is 11.9 Å². The molecule has 1 rings (SSSR count). The van der Waals surface area contributed by atoms with Gasteiger partial charge in [-0.2, -0.15) is 0 Å². The van der Waals surface area contributed by atoms with Crippen molar-refractivity contribution in [3.63, 3.8) is 0 Å². The molecule has 0 aliphatic heterocycles. The first-order valence-electron chi connectivity index (χ1n) is 5.54. The van der Waals surface area contributed by atoms with E-state index in [0.29, 0.717) is 30.0 Å². The number of hydrogen-bond donors (Lipinski definition) is 4. The number of benzene rings is 1. The Morgan fingerprint density at radius 1 is 1.41 bits per heavy atom. The molecule has 0 bridgehead atoms. The highest BCUT2D eigenvalue weighted by molar-refractivity contribution is 5.49. The minimum atomic E-state index is -0.973. The second kappa shape index (κ2) is 6.44. The van der Waals surface area contributed by atoms with Crippen molar-refractivity contribution in [3.8, 4) is 5.75 Å². The monoisotopic (exact) mass is 240 g/mol. The first kappa shape index (κ1) is 13.8. The van der Waals surface area contributed by atoms with E-state index in [1.165, 1.54) is 7.11 Å². The standard InChI is InChI=1S/C12H20N2O3/c1-14-6-5-10(15)12(16)9-4-3-8(13)7-11(9)17-2/h3-4,7,10,12,14-16H,5-6,13H2,1-2H3. The predicted molar refractivity (Wildman–Crippen MR) is 66.9 cm³/mol. The number of aliphatic hydroxyl groups excluding tert-OH is 2. The van der Waals surface area contributed by atoms with E-state index in [1.807, 2.05) is 0 Å². The number of nitrogen functional groups attached to an aromatic ring is 1. The Morgan fingerprint density at radius 2 is 2.12 bits per heavy atom. The summed E-state index contributed by atoms with van der Waals surface area (Å²) < 4.78 is 5.14. The SMILES string of the molecule is CNCCC(O)C(O)c1ccc(N)cc1OC. The highest BCUT2D eigenvalue weighted by Gasteiger charge is 2.21. The Kier molecular flexibility index (Phi) is 5.21. The molecule has 17 heavy (non-hydrogen) atoms. The smallest absolute Gasteiger partial charge is 0.126 e. The Hall–Kier alpha value is -1.30. The van der Waals surface area contributed by atoms with Gasteiger partial charge in [0.15, 0.2) is 0 Å². The van der Waals surface area contributed by atoms with Crippen LogP contribution in [0.4, 0.5) is 5.69 Å². The third-order valence-corrected chi connectivity index (χ3v) is 2.63. The van der Waals surface area contributed by atoms with E-state index in [1.54, 1.807) is 25.2 Å². The molecule has 0 radical (unpaired) electrons. The largest absolute Gasteiger partial charge is 0.496 e. The summed E-state index contributed by atoms with van der Waals surface area (Å²) in [4.78, 5) is 0. The summed E-state index contributed by atoms with van der Waals surface area (Å²) in [7, 11) is 3.30. The van der Waals surface area contributed by atoms with E-state index in [0.717, 1.165) is 0 Å². The van der Waals surface area contributed by atoms with Crippen LogP contribution in [-0.2, 0) is 0 Å². The van der Waals surface area contributed by atoms with Gasteiger partial charge in [-0.1, -0.05) is 6.07 Å².